The molecule has 2 heterocycles. The first-order valence-corrected chi connectivity index (χ1v) is 11.7. The Bertz CT molecular complexity index is 1510. The third kappa shape index (κ3) is 5.26. The van der Waals surface area contributed by atoms with Crippen LogP contribution in [0.4, 0.5) is 8.78 Å². The van der Waals surface area contributed by atoms with Crippen LogP contribution < -0.4 is 5.32 Å². The largest absolute Gasteiger partial charge is 0.361 e. The van der Waals surface area contributed by atoms with Crippen LogP contribution >= 0.6 is 11.6 Å². The number of hydrogen-bond donors (Lipinski definition) is 2. The topological polar surface area (TPSA) is 70.7 Å². The minimum absolute atomic E-state index is 0.119. The van der Waals surface area contributed by atoms with E-state index in [0.29, 0.717) is 22.0 Å². The van der Waals surface area contributed by atoms with Gasteiger partial charge in [0, 0.05) is 46.1 Å². The molecule has 2 aromatic heterocycles. The van der Waals surface area contributed by atoms with E-state index < -0.39 is 17.7 Å². The average molecular weight is 503 g/mol. The molecule has 5 nitrogen and oxygen atoms in total. The number of carbonyl (C=O) groups excluding carboxylic acids is 1. The highest BCUT2D eigenvalue weighted by Crippen LogP contribution is 2.28. The van der Waals surface area contributed by atoms with Gasteiger partial charge in [0.25, 0.3) is 0 Å². The molecule has 0 spiro atoms. The third-order valence-electron chi connectivity index (χ3n) is 5.90. The van der Waals surface area contributed by atoms with Gasteiger partial charge in [0.15, 0.2) is 0 Å². The Kier molecular flexibility index (Phi) is 6.73. The van der Waals surface area contributed by atoms with Gasteiger partial charge in [-0.2, -0.15) is 0 Å². The van der Waals surface area contributed by atoms with Crippen molar-refractivity contribution in [2.24, 2.45) is 0 Å². The van der Waals surface area contributed by atoms with Crippen LogP contribution in [0.3, 0.4) is 0 Å². The van der Waals surface area contributed by atoms with Crippen molar-refractivity contribution in [3.63, 3.8) is 0 Å². The molecule has 180 valence electrons. The Balaban J connectivity index is 1.49. The quantitative estimate of drug-likeness (QED) is 0.278. The summed E-state index contributed by atoms with van der Waals surface area (Å²) < 4.78 is 27.9. The van der Waals surface area contributed by atoms with E-state index in [1.165, 1.54) is 18.3 Å². The van der Waals surface area contributed by atoms with Gasteiger partial charge in [-0.05, 0) is 47.9 Å². The maximum absolute atomic E-state index is 14.0. The fourth-order valence-corrected chi connectivity index (χ4v) is 4.44. The molecule has 1 amide bonds. The summed E-state index contributed by atoms with van der Waals surface area (Å²) in [7, 11) is 0. The summed E-state index contributed by atoms with van der Waals surface area (Å²) in [4.78, 5) is 25.4. The maximum Gasteiger partial charge on any atom is 0.225 e. The molecule has 0 saturated carbocycles. The van der Waals surface area contributed by atoms with Crippen LogP contribution in [0.2, 0.25) is 5.02 Å². The summed E-state index contributed by atoms with van der Waals surface area (Å²) in [5.74, 6) is -1.63. The van der Waals surface area contributed by atoms with E-state index in [4.69, 9.17) is 11.6 Å². The minimum Gasteiger partial charge on any atom is -0.361 e. The van der Waals surface area contributed by atoms with Gasteiger partial charge in [0.05, 0.1) is 23.9 Å². The van der Waals surface area contributed by atoms with Gasteiger partial charge in [-0.15, -0.1) is 0 Å². The van der Waals surface area contributed by atoms with Gasteiger partial charge in [0.1, 0.15) is 11.6 Å². The number of aromatic amines is 1. The molecule has 1 atom stereocenters. The van der Waals surface area contributed by atoms with Crippen molar-refractivity contribution in [2.75, 3.05) is 0 Å². The van der Waals surface area contributed by atoms with Crippen molar-refractivity contribution in [1.82, 2.24) is 20.3 Å². The van der Waals surface area contributed by atoms with Crippen LogP contribution in [0.1, 0.15) is 22.9 Å². The fraction of sp³-hybridized carbons (Fsp3) is 0.107. The number of nitrogens with zero attached hydrogens (tertiary/aromatic N) is 2. The zero-order valence-corrected chi connectivity index (χ0v) is 19.8. The van der Waals surface area contributed by atoms with E-state index in [0.717, 1.165) is 28.1 Å². The second kappa shape index (κ2) is 10.3. The van der Waals surface area contributed by atoms with Gasteiger partial charge >= 0.3 is 0 Å². The number of amides is 1. The Morgan fingerprint density at radius 1 is 0.972 bits per heavy atom. The SMILES string of the molecule is O=C(Cc1c[nH]c2ccccc12)NC(Cc1cc(F)cc(F)c1)c1nccnc1-c1ccc(Cl)cc1. The number of fused-ring (bicyclic) bond motifs is 1. The molecule has 1 unspecified atom stereocenters. The molecule has 5 aromatic rings. The highest BCUT2D eigenvalue weighted by molar-refractivity contribution is 6.30. The smallest absolute Gasteiger partial charge is 0.225 e. The number of hydrogen-bond acceptors (Lipinski definition) is 3. The first-order valence-electron chi connectivity index (χ1n) is 11.3. The van der Waals surface area contributed by atoms with E-state index in [2.05, 4.69) is 20.3 Å². The number of carbonyl (C=O) groups is 1. The average Bonchev–Trinajstić information content (AvgIpc) is 3.26. The Morgan fingerprint density at radius 3 is 2.47 bits per heavy atom. The lowest BCUT2D eigenvalue weighted by Gasteiger charge is -2.21. The Labute approximate surface area is 211 Å². The summed E-state index contributed by atoms with van der Waals surface area (Å²) in [5.41, 5.74) is 3.95. The summed E-state index contributed by atoms with van der Waals surface area (Å²) in [6, 6.07) is 17.4. The highest BCUT2D eigenvalue weighted by Gasteiger charge is 2.23. The normalized spacial score (nSPS) is 12.0. The molecule has 0 aliphatic heterocycles. The molecule has 0 aliphatic carbocycles. The number of nitrogens with one attached hydrogen (secondary N) is 2. The summed E-state index contributed by atoms with van der Waals surface area (Å²) in [5, 5.41) is 4.55. The van der Waals surface area contributed by atoms with E-state index in [-0.39, 0.29) is 18.7 Å². The van der Waals surface area contributed by atoms with Crippen LogP contribution in [-0.4, -0.2) is 20.9 Å². The third-order valence-corrected chi connectivity index (χ3v) is 6.15. The number of H-pyrrole nitrogens is 1. The number of benzene rings is 3. The van der Waals surface area contributed by atoms with Crippen LogP contribution in [0, 0.1) is 11.6 Å². The molecule has 8 heteroatoms. The van der Waals surface area contributed by atoms with Crippen molar-refractivity contribution < 1.29 is 13.6 Å². The van der Waals surface area contributed by atoms with Crippen LogP contribution in [0.25, 0.3) is 22.2 Å². The molecule has 5 rings (SSSR count). The number of aromatic nitrogens is 3. The number of rotatable bonds is 7. The predicted molar refractivity (Wildman–Crippen MR) is 135 cm³/mol. The Hall–Kier alpha value is -4.10. The summed E-state index contributed by atoms with van der Waals surface area (Å²) >= 11 is 6.05. The van der Waals surface area contributed by atoms with Gasteiger partial charge in [0.2, 0.25) is 5.91 Å². The molecule has 0 saturated heterocycles. The molecule has 0 fully saturated rings. The molecule has 2 N–H and O–H groups in total. The van der Waals surface area contributed by atoms with Gasteiger partial charge in [-0.1, -0.05) is 41.9 Å². The molecular formula is C28H21ClF2N4O. The van der Waals surface area contributed by atoms with Crippen molar-refractivity contribution in [3.05, 3.63) is 119 Å². The first kappa shape index (κ1) is 23.6. The van der Waals surface area contributed by atoms with E-state index in [9.17, 15) is 13.6 Å². The highest BCUT2D eigenvalue weighted by atomic mass is 35.5. The van der Waals surface area contributed by atoms with Crippen molar-refractivity contribution in [1.29, 1.82) is 0 Å². The lowest BCUT2D eigenvalue weighted by atomic mass is 9.98. The fourth-order valence-electron chi connectivity index (χ4n) is 4.31. The monoisotopic (exact) mass is 502 g/mol. The molecule has 36 heavy (non-hydrogen) atoms. The minimum atomic E-state index is -0.691. The number of para-hydroxylation sites is 1. The first-order chi connectivity index (χ1) is 17.5. The van der Waals surface area contributed by atoms with Crippen LogP contribution in [0.5, 0.6) is 0 Å². The second-order valence-corrected chi connectivity index (χ2v) is 8.87. The lowest BCUT2D eigenvalue weighted by molar-refractivity contribution is -0.121. The van der Waals surface area contributed by atoms with Crippen molar-refractivity contribution in [3.8, 4) is 11.3 Å². The second-order valence-electron chi connectivity index (χ2n) is 8.44. The zero-order valence-electron chi connectivity index (χ0n) is 19.0. The van der Waals surface area contributed by atoms with Crippen LogP contribution in [0.15, 0.2) is 85.3 Å². The molecule has 0 aliphatic rings. The summed E-state index contributed by atoms with van der Waals surface area (Å²) in [6.07, 6.45) is 5.13. The van der Waals surface area contributed by atoms with Crippen LogP contribution in [-0.2, 0) is 17.6 Å². The maximum atomic E-state index is 14.0. The van der Waals surface area contributed by atoms with E-state index in [1.54, 1.807) is 18.3 Å². The van der Waals surface area contributed by atoms with E-state index >= 15 is 0 Å². The molecule has 3 aromatic carbocycles. The molecular weight excluding hydrogens is 482 g/mol. The molecule has 0 bridgehead atoms. The molecule has 0 radical (unpaired) electrons. The predicted octanol–water partition coefficient (Wildman–Crippen LogP) is 6.20. The zero-order chi connectivity index (χ0) is 25.1. The van der Waals surface area contributed by atoms with Gasteiger partial charge < -0.3 is 10.3 Å². The van der Waals surface area contributed by atoms with Gasteiger partial charge in [-0.3, -0.25) is 14.8 Å². The standard InChI is InChI=1S/C28H21ClF2N4O/c29-20-7-5-18(6-8-20)27-28(33-10-9-32-27)25(13-17-11-21(30)15-22(31)12-17)35-26(36)14-19-16-34-24-4-2-1-3-23(19)24/h1-12,15-16,25,34H,13-14H2,(H,35,36). The van der Waals surface area contributed by atoms with Gasteiger partial charge in [-0.25, -0.2) is 8.78 Å². The van der Waals surface area contributed by atoms with Crippen molar-refractivity contribution >= 4 is 28.4 Å². The van der Waals surface area contributed by atoms with E-state index in [1.807, 2.05) is 42.6 Å². The summed E-state index contributed by atoms with van der Waals surface area (Å²) in [6.45, 7) is 0. The Morgan fingerprint density at radius 2 is 1.69 bits per heavy atom. The van der Waals surface area contributed by atoms with Crippen molar-refractivity contribution in [2.45, 2.75) is 18.9 Å². The lowest BCUT2D eigenvalue weighted by Crippen LogP contribution is -2.32. The number of halogens is 3.